The molecular formula is C16H23N3. The van der Waals surface area contributed by atoms with E-state index >= 15 is 0 Å². The summed E-state index contributed by atoms with van der Waals surface area (Å²) in [6.45, 7) is 5.64. The fraction of sp³-hybridized carbons (Fsp3) is 0.625. The van der Waals surface area contributed by atoms with E-state index in [0.29, 0.717) is 11.1 Å². The van der Waals surface area contributed by atoms with Crippen LogP contribution in [0.5, 0.6) is 0 Å². The van der Waals surface area contributed by atoms with Crippen molar-refractivity contribution in [2.24, 2.45) is 11.3 Å². The lowest BCUT2D eigenvalue weighted by Gasteiger charge is -2.31. The summed E-state index contributed by atoms with van der Waals surface area (Å²) in [4.78, 5) is 4.10. The van der Waals surface area contributed by atoms with Crippen LogP contribution in [0, 0.1) is 22.7 Å². The van der Waals surface area contributed by atoms with Crippen molar-refractivity contribution in [1.82, 2.24) is 4.98 Å². The van der Waals surface area contributed by atoms with E-state index in [4.69, 9.17) is 5.26 Å². The van der Waals surface area contributed by atoms with Crippen LogP contribution in [0.3, 0.4) is 0 Å². The molecule has 1 aliphatic rings. The smallest absolute Gasteiger partial charge is 0.140 e. The zero-order valence-electron chi connectivity index (χ0n) is 11.9. The molecular weight excluding hydrogens is 234 g/mol. The van der Waals surface area contributed by atoms with Gasteiger partial charge in [0.25, 0.3) is 0 Å². The van der Waals surface area contributed by atoms with E-state index in [1.807, 2.05) is 12.1 Å². The molecule has 3 nitrogen and oxygen atoms in total. The van der Waals surface area contributed by atoms with Gasteiger partial charge in [-0.05, 0) is 42.7 Å². The van der Waals surface area contributed by atoms with Crippen LogP contribution in [0.1, 0.15) is 51.6 Å². The molecule has 1 saturated carbocycles. The van der Waals surface area contributed by atoms with E-state index < -0.39 is 0 Å². The first-order chi connectivity index (χ1) is 9.13. The molecule has 0 amide bonds. The molecule has 0 bridgehead atoms. The van der Waals surface area contributed by atoms with Crippen molar-refractivity contribution in [3.63, 3.8) is 0 Å². The highest BCUT2D eigenvalue weighted by atomic mass is 14.9. The molecule has 1 aromatic rings. The molecule has 102 valence electrons. The Labute approximate surface area is 116 Å². The van der Waals surface area contributed by atoms with Gasteiger partial charge in [0.2, 0.25) is 0 Å². The maximum atomic E-state index is 8.74. The maximum absolute atomic E-state index is 8.74. The number of rotatable bonds is 5. The number of nitriles is 1. The monoisotopic (exact) mass is 257 g/mol. The second-order valence-electron chi connectivity index (χ2n) is 6.20. The van der Waals surface area contributed by atoms with Gasteiger partial charge >= 0.3 is 0 Å². The van der Waals surface area contributed by atoms with Gasteiger partial charge in [-0.1, -0.05) is 26.7 Å². The minimum absolute atomic E-state index is 0.460. The molecule has 2 rings (SSSR count). The van der Waals surface area contributed by atoms with Crippen LogP contribution < -0.4 is 5.32 Å². The van der Waals surface area contributed by atoms with Gasteiger partial charge in [0, 0.05) is 6.54 Å². The zero-order valence-corrected chi connectivity index (χ0v) is 11.9. The molecule has 0 atom stereocenters. The van der Waals surface area contributed by atoms with Crippen molar-refractivity contribution >= 4 is 5.69 Å². The SMILES string of the molecule is CC(C)CC1(CNc2ccc(C#N)nc2)CCCC1. The highest BCUT2D eigenvalue weighted by molar-refractivity contribution is 5.42. The second-order valence-corrected chi connectivity index (χ2v) is 6.20. The first-order valence-electron chi connectivity index (χ1n) is 7.24. The molecule has 0 unspecified atom stereocenters. The van der Waals surface area contributed by atoms with Crippen molar-refractivity contribution < 1.29 is 0 Å². The van der Waals surface area contributed by atoms with E-state index in [-0.39, 0.29) is 0 Å². The molecule has 0 aliphatic heterocycles. The van der Waals surface area contributed by atoms with Gasteiger partial charge in [-0.25, -0.2) is 4.98 Å². The molecule has 0 saturated heterocycles. The molecule has 1 aliphatic carbocycles. The number of nitrogens with one attached hydrogen (secondary N) is 1. The van der Waals surface area contributed by atoms with Crippen molar-refractivity contribution in [3.05, 3.63) is 24.0 Å². The highest BCUT2D eigenvalue weighted by Gasteiger charge is 2.34. The van der Waals surface area contributed by atoms with Crippen LogP contribution in [-0.4, -0.2) is 11.5 Å². The van der Waals surface area contributed by atoms with Crippen LogP contribution in [0.15, 0.2) is 18.3 Å². The predicted octanol–water partition coefficient (Wildman–Crippen LogP) is 3.97. The fourth-order valence-corrected chi connectivity index (χ4v) is 3.30. The molecule has 19 heavy (non-hydrogen) atoms. The Morgan fingerprint density at radius 1 is 1.37 bits per heavy atom. The van der Waals surface area contributed by atoms with Gasteiger partial charge < -0.3 is 5.32 Å². The number of hydrogen-bond donors (Lipinski definition) is 1. The van der Waals surface area contributed by atoms with Crippen LogP contribution >= 0.6 is 0 Å². The second kappa shape index (κ2) is 6.06. The molecule has 0 aromatic carbocycles. The Morgan fingerprint density at radius 2 is 2.11 bits per heavy atom. The molecule has 1 fully saturated rings. The van der Waals surface area contributed by atoms with E-state index in [1.165, 1.54) is 32.1 Å². The number of hydrogen-bond acceptors (Lipinski definition) is 3. The highest BCUT2D eigenvalue weighted by Crippen LogP contribution is 2.43. The third-order valence-electron chi connectivity index (χ3n) is 4.05. The summed E-state index contributed by atoms with van der Waals surface area (Å²) < 4.78 is 0. The lowest BCUT2D eigenvalue weighted by Crippen LogP contribution is -2.28. The minimum atomic E-state index is 0.460. The largest absolute Gasteiger partial charge is 0.383 e. The van der Waals surface area contributed by atoms with Gasteiger partial charge in [0.1, 0.15) is 11.8 Å². The zero-order chi connectivity index (χ0) is 13.7. The van der Waals surface area contributed by atoms with Crippen molar-refractivity contribution in [2.75, 3.05) is 11.9 Å². The number of aromatic nitrogens is 1. The quantitative estimate of drug-likeness (QED) is 0.868. The predicted molar refractivity (Wildman–Crippen MR) is 77.8 cm³/mol. The lowest BCUT2D eigenvalue weighted by atomic mass is 9.78. The van der Waals surface area contributed by atoms with Gasteiger partial charge in [0.05, 0.1) is 11.9 Å². The van der Waals surface area contributed by atoms with Gasteiger partial charge in [-0.2, -0.15) is 5.26 Å². The Morgan fingerprint density at radius 3 is 2.63 bits per heavy atom. The summed E-state index contributed by atoms with van der Waals surface area (Å²) in [5.74, 6) is 0.749. The first-order valence-corrected chi connectivity index (χ1v) is 7.24. The van der Waals surface area contributed by atoms with Crippen molar-refractivity contribution in [2.45, 2.75) is 46.0 Å². The van der Waals surface area contributed by atoms with E-state index in [0.717, 1.165) is 18.2 Å². The Bertz CT molecular complexity index is 436. The lowest BCUT2D eigenvalue weighted by molar-refractivity contribution is 0.252. The minimum Gasteiger partial charge on any atom is -0.383 e. The standard InChI is InChI=1S/C16H23N3/c1-13(2)9-16(7-3-4-8-16)12-19-15-6-5-14(10-17)18-11-15/h5-6,11,13,19H,3-4,7-9,12H2,1-2H3. The summed E-state index contributed by atoms with van der Waals surface area (Å²) >= 11 is 0. The summed E-state index contributed by atoms with van der Waals surface area (Å²) in [7, 11) is 0. The van der Waals surface area contributed by atoms with E-state index in [9.17, 15) is 0 Å². The molecule has 1 heterocycles. The van der Waals surface area contributed by atoms with Gasteiger partial charge in [0.15, 0.2) is 0 Å². The van der Waals surface area contributed by atoms with Gasteiger partial charge in [-0.15, -0.1) is 0 Å². The third kappa shape index (κ3) is 3.70. The van der Waals surface area contributed by atoms with Crippen LogP contribution in [0.4, 0.5) is 5.69 Å². The van der Waals surface area contributed by atoms with E-state index in [2.05, 4.69) is 24.1 Å². The number of anilines is 1. The van der Waals surface area contributed by atoms with Crippen LogP contribution in [0.2, 0.25) is 0 Å². The van der Waals surface area contributed by atoms with Crippen molar-refractivity contribution in [3.8, 4) is 6.07 Å². The Balaban J connectivity index is 1.96. The molecule has 0 radical (unpaired) electrons. The number of nitrogens with zero attached hydrogens (tertiary/aromatic N) is 2. The average Bonchev–Trinajstić information content (AvgIpc) is 2.85. The van der Waals surface area contributed by atoms with Crippen LogP contribution in [-0.2, 0) is 0 Å². The van der Waals surface area contributed by atoms with E-state index in [1.54, 1.807) is 12.3 Å². The molecule has 1 N–H and O–H groups in total. The summed E-state index contributed by atoms with van der Waals surface area (Å²) in [5, 5.41) is 12.3. The van der Waals surface area contributed by atoms with Crippen molar-refractivity contribution in [1.29, 1.82) is 5.26 Å². The van der Waals surface area contributed by atoms with Crippen LogP contribution in [0.25, 0.3) is 0 Å². The van der Waals surface area contributed by atoms with Gasteiger partial charge in [-0.3, -0.25) is 0 Å². The number of pyridine rings is 1. The fourth-order valence-electron chi connectivity index (χ4n) is 3.30. The third-order valence-corrected chi connectivity index (χ3v) is 4.05. The Hall–Kier alpha value is -1.56. The normalized spacial score (nSPS) is 17.4. The summed E-state index contributed by atoms with van der Waals surface area (Å²) in [5.41, 5.74) is 1.96. The average molecular weight is 257 g/mol. The maximum Gasteiger partial charge on any atom is 0.140 e. The molecule has 0 spiro atoms. The Kier molecular flexibility index (Phi) is 4.42. The topological polar surface area (TPSA) is 48.7 Å². The molecule has 3 heteroatoms. The molecule has 1 aromatic heterocycles. The summed E-state index contributed by atoms with van der Waals surface area (Å²) in [6.07, 6.45) is 8.45. The first kappa shape index (κ1) is 13.9. The summed E-state index contributed by atoms with van der Waals surface area (Å²) in [6, 6.07) is 5.76.